The molecule has 0 radical (unpaired) electrons. The molecule has 3 N–H and O–H groups in total. The van der Waals surface area contributed by atoms with Crippen molar-refractivity contribution < 1.29 is 14.6 Å². The quantitative estimate of drug-likeness (QED) is 0.821. The number of aromatic hydroxyl groups is 1. The Morgan fingerprint density at radius 3 is 2.94 bits per heavy atom. The Balaban J connectivity index is 2.38. The van der Waals surface area contributed by atoms with E-state index in [1.165, 1.54) is 0 Å². The Morgan fingerprint density at radius 1 is 1.65 bits per heavy atom. The number of aromatic nitrogens is 2. The smallest absolute Gasteiger partial charge is 0.273 e. The molecule has 6 heteroatoms. The van der Waals surface area contributed by atoms with E-state index < -0.39 is 5.91 Å². The van der Waals surface area contributed by atoms with E-state index in [0.717, 1.165) is 19.3 Å². The lowest BCUT2D eigenvalue weighted by molar-refractivity contribution is -0.0412. The second kappa shape index (κ2) is 4.75. The zero-order valence-electron chi connectivity index (χ0n) is 9.85. The van der Waals surface area contributed by atoms with Gasteiger partial charge in [0.05, 0.1) is 5.69 Å². The molecule has 6 nitrogen and oxygen atoms in total. The molecule has 0 aromatic carbocycles. The number of hydrogen-bond acceptors (Lipinski definition) is 4. The van der Waals surface area contributed by atoms with E-state index in [1.54, 1.807) is 4.68 Å². The summed E-state index contributed by atoms with van der Waals surface area (Å²) in [4.78, 5) is 11.1. The Labute approximate surface area is 99.4 Å². The third-order valence-corrected chi connectivity index (χ3v) is 2.98. The Bertz CT molecular complexity index is 422. The first-order valence-electron chi connectivity index (χ1n) is 5.87. The number of rotatable bonds is 3. The van der Waals surface area contributed by atoms with Crippen molar-refractivity contribution in [3.8, 4) is 5.75 Å². The van der Waals surface area contributed by atoms with Gasteiger partial charge in [0.25, 0.3) is 5.91 Å². The molecule has 1 fully saturated rings. The summed E-state index contributed by atoms with van der Waals surface area (Å²) in [6, 6.07) is 0. The molecule has 2 rings (SSSR count). The number of carbonyl (C=O) groups excluding carboxylic acids is 1. The molecule has 0 spiro atoms. The van der Waals surface area contributed by atoms with Gasteiger partial charge >= 0.3 is 0 Å². The van der Waals surface area contributed by atoms with E-state index in [1.807, 2.05) is 6.92 Å². The number of carbonyl (C=O) groups is 1. The van der Waals surface area contributed by atoms with Gasteiger partial charge in [0.1, 0.15) is 0 Å². The van der Waals surface area contributed by atoms with Crippen LogP contribution in [0, 0.1) is 0 Å². The lowest BCUT2D eigenvalue weighted by Crippen LogP contribution is -2.21. The molecule has 94 valence electrons. The van der Waals surface area contributed by atoms with Gasteiger partial charge in [-0.2, -0.15) is 5.10 Å². The summed E-state index contributed by atoms with van der Waals surface area (Å²) in [6.45, 7) is 2.57. The summed E-state index contributed by atoms with van der Waals surface area (Å²) >= 11 is 0. The first-order valence-corrected chi connectivity index (χ1v) is 5.87. The second-order valence-corrected chi connectivity index (χ2v) is 4.13. The molecule has 1 aliphatic rings. The van der Waals surface area contributed by atoms with Crippen LogP contribution in [0.5, 0.6) is 5.75 Å². The molecule has 1 atom stereocenters. The number of amides is 1. The number of nitrogens with two attached hydrogens (primary N) is 1. The fourth-order valence-corrected chi connectivity index (χ4v) is 2.11. The summed E-state index contributed by atoms with van der Waals surface area (Å²) in [5.74, 6) is -0.832. The number of primary amides is 1. The van der Waals surface area contributed by atoms with Crippen LogP contribution < -0.4 is 5.73 Å². The highest BCUT2D eigenvalue weighted by Gasteiger charge is 2.25. The fraction of sp³-hybridized carbons (Fsp3) is 0.636. The molecule has 1 amide bonds. The summed E-state index contributed by atoms with van der Waals surface area (Å²) in [5, 5.41) is 13.9. The molecule has 0 bridgehead atoms. The molecule has 1 saturated heterocycles. The van der Waals surface area contributed by atoms with Crippen LogP contribution in [-0.2, 0) is 11.2 Å². The highest BCUT2D eigenvalue weighted by Crippen LogP contribution is 2.29. The van der Waals surface area contributed by atoms with Crippen molar-refractivity contribution in [1.29, 1.82) is 0 Å². The van der Waals surface area contributed by atoms with Crippen LogP contribution in [-0.4, -0.2) is 27.4 Å². The largest absolute Gasteiger partial charge is 0.504 e. The van der Waals surface area contributed by atoms with Gasteiger partial charge in [0.2, 0.25) is 0 Å². The third-order valence-electron chi connectivity index (χ3n) is 2.98. The molecular weight excluding hydrogens is 222 g/mol. The number of ether oxygens (including phenoxy) is 1. The number of nitrogens with zero attached hydrogens (tertiary/aromatic N) is 2. The van der Waals surface area contributed by atoms with Gasteiger partial charge in [-0.3, -0.25) is 4.79 Å². The van der Waals surface area contributed by atoms with Gasteiger partial charge < -0.3 is 15.6 Å². The molecular formula is C11H17N3O3. The lowest BCUT2D eigenvalue weighted by atomic mass is 10.2. The van der Waals surface area contributed by atoms with Crippen molar-refractivity contribution in [3.05, 3.63) is 11.4 Å². The van der Waals surface area contributed by atoms with Gasteiger partial charge in [0, 0.05) is 6.61 Å². The Hall–Kier alpha value is -1.56. The summed E-state index contributed by atoms with van der Waals surface area (Å²) in [6.07, 6.45) is 3.31. The minimum absolute atomic E-state index is 0.0731. The fourth-order valence-electron chi connectivity index (χ4n) is 2.11. The highest BCUT2D eigenvalue weighted by atomic mass is 16.5. The molecule has 1 aliphatic heterocycles. The third kappa shape index (κ3) is 2.12. The van der Waals surface area contributed by atoms with Gasteiger partial charge in [-0.05, 0) is 25.7 Å². The predicted octanol–water partition coefficient (Wildman–Crippen LogP) is 0.949. The minimum atomic E-state index is -0.716. The molecule has 17 heavy (non-hydrogen) atoms. The molecule has 1 aromatic rings. The van der Waals surface area contributed by atoms with Gasteiger partial charge in [0.15, 0.2) is 17.7 Å². The minimum Gasteiger partial charge on any atom is -0.504 e. The van der Waals surface area contributed by atoms with Crippen molar-refractivity contribution in [3.63, 3.8) is 0 Å². The van der Waals surface area contributed by atoms with Crippen molar-refractivity contribution in [2.24, 2.45) is 5.73 Å². The number of hydrogen-bond donors (Lipinski definition) is 2. The molecule has 0 saturated carbocycles. The maximum atomic E-state index is 11.1. The van der Waals surface area contributed by atoms with Crippen LogP contribution in [0.3, 0.4) is 0 Å². The second-order valence-electron chi connectivity index (χ2n) is 4.13. The molecule has 0 aliphatic carbocycles. The van der Waals surface area contributed by atoms with Crippen molar-refractivity contribution in [2.75, 3.05) is 6.61 Å². The summed E-state index contributed by atoms with van der Waals surface area (Å²) < 4.78 is 7.18. The first kappa shape index (κ1) is 11.9. The predicted molar refractivity (Wildman–Crippen MR) is 60.6 cm³/mol. The zero-order chi connectivity index (χ0) is 12.4. The zero-order valence-corrected chi connectivity index (χ0v) is 9.85. The Morgan fingerprint density at radius 2 is 2.41 bits per heavy atom. The highest BCUT2D eigenvalue weighted by molar-refractivity contribution is 5.93. The van der Waals surface area contributed by atoms with Crippen molar-refractivity contribution in [1.82, 2.24) is 9.78 Å². The van der Waals surface area contributed by atoms with Crippen LogP contribution in [0.25, 0.3) is 0 Å². The van der Waals surface area contributed by atoms with Crippen LogP contribution in [0.1, 0.15) is 48.6 Å². The lowest BCUT2D eigenvalue weighted by Gasteiger charge is -2.24. The van der Waals surface area contributed by atoms with Crippen LogP contribution >= 0.6 is 0 Å². The average Bonchev–Trinajstić information content (AvgIpc) is 2.67. The van der Waals surface area contributed by atoms with Crippen molar-refractivity contribution >= 4 is 5.91 Å². The SMILES string of the molecule is CCc1c(O)c(C(N)=O)nn1C1CCCCO1. The Kier molecular flexibility index (Phi) is 3.33. The van der Waals surface area contributed by atoms with Crippen LogP contribution in [0.4, 0.5) is 0 Å². The van der Waals surface area contributed by atoms with Gasteiger partial charge in [-0.15, -0.1) is 0 Å². The maximum Gasteiger partial charge on any atom is 0.273 e. The molecule has 1 aromatic heterocycles. The van der Waals surface area contributed by atoms with E-state index in [2.05, 4.69) is 5.10 Å². The van der Waals surface area contributed by atoms with E-state index in [-0.39, 0.29) is 17.7 Å². The van der Waals surface area contributed by atoms with E-state index in [4.69, 9.17) is 10.5 Å². The van der Waals surface area contributed by atoms with E-state index >= 15 is 0 Å². The normalized spacial score (nSPS) is 20.4. The van der Waals surface area contributed by atoms with Crippen LogP contribution in [0.15, 0.2) is 0 Å². The monoisotopic (exact) mass is 239 g/mol. The average molecular weight is 239 g/mol. The summed E-state index contributed by atoms with van der Waals surface area (Å²) in [5.41, 5.74) is 5.69. The van der Waals surface area contributed by atoms with E-state index in [9.17, 15) is 9.90 Å². The van der Waals surface area contributed by atoms with Gasteiger partial charge in [-0.25, -0.2) is 4.68 Å². The van der Waals surface area contributed by atoms with Crippen LogP contribution in [0.2, 0.25) is 0 Å². The maximum absolute atomic E-state index is 11.1. The summed E-state index contributed by atoms with van der Waals surface area (Å²) in [7, 11) is 0. The van der Waals surface area contributed by atoms with Gasteiger partial charge in [-0.1, -0.05) is 6.92 Å². The van der Waals surface area contributed by atoms with Crippen molar-refractivity contribution in [2.45, 2.75) is 38.8 Å². The molecule has 1 unspecified atom stereocenters. The first-order chi connectivity index (χ1) is 8.15. The standard InChI is InChI=1S/C11H17N3O3/c1-2-7-10(15)9(11(12)16)13-14(7)8-5-3-4-6-17-8/h8,15H,2-6H2,1H3,(H2,12,16). The van der Waals surface area contributed by atoms with E-state index in [0.29, 0.717) is 18.7 Å². The molecule has 2 heterocycles. The topological polar surface area (TPSA) is 90.4 Å².